The Morgan fingerprint density at radius 2 is 2.21 bits per heavy atom. The summed E-state index contributed by atoms with van der Waals surface area (Å²) in [6.07, 6.45) is 2.78. The number of nitrogens with zero attached hydrogens (tertiary/aromatic N) is 1. The van der Waals surface area contributed by atoms with Gasteiger partial charge in [0.1, 0.15) is 10.8 Å². The Bertz CT molecular complexity index is 525. The highest BCUT2D eigenvalue weighted by atomic mass is 32.1. The van der Waals surface area contributed by atoms with Gasteiger partial charge >= 0.3 is 0 Å². The Kier molecular flexibility index (Phi) is 4.66. The first-order valence-corrected chi connectivity index (χ1v) is 7.41. The molecule has 0 radical (unpaired) electrons. The fourth-order valence-corrected chi connectivity index (χ4v) is 2.83. The summed E-state index contributed by atoms with van der Waals surface area (Å²) in [6.45, 7) is 5.96. The summed E-state index contributed by atoms with van der Waals surface area (Å²) in [5.74, 6) is -0.145. The van der Waals surface area contributed by atoms with E-state index < -0.39 is 0 Å². The number of halogens is 1. The topological polar surface area (TPSA) is 24.9 Å². The Balaban J connectivity index is 2.11. The molecule has 0 fully saturated rings. The molecule has 1 heterocycles. The van der Waals surface area contributed by atoms with Crippen molar-refractivity contribution in [2.24, 2.45) is 0 Å². The van der Waals surface area contributed by atoms with Crippen LogP contribution in [0.3, 0.4) is 0 Å². The van der Waals surface area contributed by atoms with Gasteiger partial charge < -0.3 is 5.32 Å². The third kappa shape index (κ3) is 3.39. The molecule has 19 heavy (non-hydrogen) atoms. The molecule has 2 unspecified atom stereocenters. The number of nitrogens with one attached hydrogen (secondary N) is 1. The lowest BCUT2D eigenvalue weighted by Crippen LogP contribution is -2.24. The maximum Gasteiger partial charge on any atom is 0.126 e. The van der Waals surface area contributed by atoms with Gasteiger partial charge in [0.25, 0.3) is 0 Å². The van der Waals surface area contributed by atoms with Gasteiger partial charge in [-0.25, -0.2) is 9.37 Å². The van der Waals surface area contributed by atoms with Crippen LogP contribution in [0.25, 0.3) is 0 Å². The predicted molar refractivity (Wildman–Crippen MR) is 77.8 cm³/mol. The van der Waals surface area contributed by atoms with Gasteiger partial charge in [0.15, 0.2) is 0 Å². The molecule has 0 aliphatic rings. The largest absolute Gasteiger partial charge is 0.301 e. The van der Waals surface area contributed by atoms with Crippen molar-refractivity contribution in [3.8, 4) is 0 Å². The van der Waals surface area contributed by atoms with Crippen LogP contribution in [0.15, 0.2) is 29.8 Å². The van der Waals surface area contributed by atoms with E-state index in [1.165, 1.54) is 0 Å². The maximum atomic E-state index is 13.6. The summed E-state index contributed by atoms with van der Waals surface area (Å²) in [6, 6.07) is 5.74. The molecule has 102 valence electrons. The van der Waals surface area contributed by atoms with Crippen molar-refractivity contribution in [1.82, 2.24) is 10.3 Å². The molecule has 2 rings (SSSR count). The molecule has 0 bridgehead atoms. The van der Waals surface area contributed by atoms with E-state index in [1.54, 1.807) is 24.3 Å². The third-order valence-corrected chi connectivity index (χ3v) is 4.19. The monoisotopic (exact) mass is 278 g/mol. The van der Waals surface area contributed by atoms with Gasteiger partial charge in [-0.05, 0) is 37.5 Å². The van der Waals surface area contributed by atoms with Crippen molar-refractivity contribution in [2.45, 2.75) is 39.3 Å². The van der Waals surface area contributed by atoms with Crippen molar-refractivity contribution in [2.75, 3.05) is 0 Å². The number of aromatic nitrogens is 1. The molecule has 2 nitrogen and oxygen atoms in total. The minimum Gasteiger partial charge on any atom is -0.301 e. The molecule has 1 aromatic heterocycles. The zero-order valence-electron chi connectivity index (χ0n) is 11.5. The highest BCUT2D eigenvalue weighted by Crippen LogP contribution is 2.24. The quantitative estimate of drug-likeness (QED) is 0.877. The minimum absolute atomic E-state index is 0.101. The molecule has 0 amide bonds. The molecule has 0 aliphatic heterocycles. The lowest BCUT2D eigenvalue weighted by molar-refractivity contribution is 0.453. The van der Waals surface area contributed by atoms with Crippen LogP contribution in [0.2, 0.25) is 0 Å². The Hall–Kier alpha value is -1.26. The van der Waals surface area contributed by atoms with Gasteiger partial charge in [0, 0.05) is 17.6 Å². The first kappa shape index (κ1) is 14.2. The first-order valence-electron chi connectivity index (χ1n) is 6.53. The molecule has 2 atom stereocenters. The van der Waals surface area contributed by atoms with Crippen LogP contribution in [0.1, 0.15) is 48.5 Å². The van der Waals surface area contributed by atoms with Gasteiger partial charge in [0.05, 0.1) is 6.04 Å². The highest BCUT2D eigenvalue weighted by Gasteiger charge is 2.16. The van der Waals surface area contributed by atoms with Crippen LogP contribution >= 0.6 is 11.3 Å². The van der Waals surface area contributed by atoms with Crippen molar-refractivity contribution in [1.29, 1.82) is 0 Å². The molecule has 0 saturated heterocycles. The van der Waals surface area contributed by atoms with E-state index >= 15 is 0 Å². The normalized spacial score (nSPS) is 14.3. The molecular weight excluding hydrogens is 259 g/mol. The Morgan fingerprint density at radius 3 is 2.79 bits per heavy atom. The Morgan fingerprint density at radius 1 is 1.42 bits per heavy atom. The maximum absolute atomic E-state index is 13.6. The summed E-state index contributed by atoms with van der Waals surface area (Å²) in [7, 11) is 0. The number of hydrogen-bond acceptors (Lipinski definition) is 3. The lowest BCUT2D eigenvalue weighted by atomic mass is 10.0. The van der Waals surface area contributed by atoms with E-state index in [2.05, 4.69) is 24.1 Å². The van der Waals surface area contributed by atoms with E-state index in [-0.39, 0.29) is 17.9 Å². The van der Waals surface area contributed by atoms with Crippen molar-refractivity contribution >= 4 is 11.3 Å². The van der Waals surface area contributed by atoms with E-state index in [9.17, 15) is 4.39 Å². The van der Waals surface area contributed by atoms with Crippen LogP contribution in [0.4, 0.5) is 4.39 Å². The molecule has 0 aliphatic carbocycles. The van der Waals surface area contributed by atoms with Gasteiger partial charge in [-0.2, -0.15) is 0 Å². The summed E-state index contributed by atoms with van der Waals surface area (Å²) < 4.78 is 13.6. The second-order valence-corrected chi connectivity index (χ2v) is 5.65. The summed E-state index contributed by atoms with van der Waals surface area (Å²) >= 11 is 1.65. The first-order chi connectivity index (χ1) is 9.11. The number of aryl methyl sites for hydroxylation is 1. The standard InChI is InChI=1S/C15H19FN2S/c1-4-14(15-17-7-8-19-15)18-11(3)12-6-5-10(2)13(16)9-12/h5-9,11,14,18H,4H2,1-3H3. The van der Waals surface area contributed by atoms with E-state index in [0.717, 1.165) is 17.0 Å². The van der Waals surface area contributed by atoms with Crippen LogP contribution in [-0.4, -0.2) is 4.98 Å². The fourth-order valence-electron chi connectivity index (χ4n) is 2.05. The molecular formula is C15H19FN2S. The average Bonchev–Trinajstić information content (AvgIpc) is 2.92. The number of rotatable bonds is 5. The van der Waals surface area contributed by atoms with Crippen LogP contribution < -0.4 is 5.32 Å². The second-order valence-electron chi connectivity index (χ2n) is 4.73. The third-order valence-electron chi connectivity index (χ3n) is 3.30. The summed E-state index contributed by atoms with van der Waals surface area (Å²) in [5, 5.41) is 6.58. The molecule has 2 aromatic rings. The summed E-state index contributed by atoms with van der Waals surface area (Å²) in [4.78, 5) is 4.35. The van der Waals surface area contributed by atoms with Crippen molar-refractivity contribution in [3.63, 3.8) is 0 Å². The number of benzene rings is 1. The second kappa shape index (κ2) is 6.26. The highest BCUT2D eigenvalue weighted by molar-refractivity contribution is 7.09. The number of thiazole rings is 1. The molecule has 0 spiro atoms. The lowest BCUT2D eigenvalue weighted by Gasteiger charge is -2.21. The van der Waals surface area contributed by atoms with Crippen molar-refractivity contribution in [3.05, 3.63) is 51.7 Å². The van der Waals surface area contributed by atoms with E-state index in [0.29, 0.717) is 5.56 Å². The van der Waals surface area contributed by atoms with E-state index in [1.807, 2.05) is 23.7 Å². The molecule has 1 N–H and O–H groups in total. The van der Waals surface area contributed by atoms with Crippen LogP contribution in [-0.2, 0) is 0 Å². The summed E-state index contributed by atoms with van der Waals surface area (Å²) in [5.41, 5.74) is 1.65. The molecule has 0 saturated carbocycles. The van der Waals surface area contributed by atoms with E-state index in [4.69, 9.17) is 0 Å². The van der Waals surface area contributed by atoms with Gasteiger partial charge in [-0.3, -0.25) is 0 Å². The zero-order valence-corrected chi connectivity index (χ0v) is 12.3. The zero-order chi connectivity index (χ0) is 13.8. The van der Waals surface area contributed by atoms with Crippen molar-refractivity contribution < 1.29 is 4.39 Å². The predicted octanol–water partition coefficient (Wildman–Crippen LogP) is 4.39. The fraction of sp³-hybridized carbons (Fsp3) is 0.400. The molecule has 4 heteroatoms. The van der Waals surface area contributed by atoms with Gasteiger partial charge in [-0.1, -0.05) is 19.1 Å². The van der Waals surface area contributed by atoms with Crippen LogP contribution in [0, 0.1) is 12.7 Å². The molecule has 1 aromatic carbocycles. The smallest absolute Gasteiger partial charge is 0.126 e. The Labute approximate surface area is 117 Å². The van der Waals surface area contributed by atoms with Gasteiger partial charge in [0.2, 0.25) is 0 Å². The minimum atomic E-state index is -0.145. The number of hydrogen-bond donors (Lipinski definition) is 1. The average molecular weight is 278 g/mol. The van der Waals surface area contributed by atoms with Crippen LogP contribution in [0.5, 0.6) is 0 Å². The van der Waals surface area contributed by atoms with Gasteiger partial charge in [-0.15, -0.1) is 11.3 Å². The SMILES string of the molecule is CCC(NC(C)c1ccc(C)c(F)c1)c1nccs1.